The van der Waals surface area contributed by atoms with Crippen LogP contribution < -0.4 is 5.32 Å². The predicted molar refractivity (Wildman–Crippen MR) is 99.3 cm³/mol. The van der Waals surface area contributed by atoms with Crippen LogP contribution in [0.1, 0.15) is 28.1 Å². The van der Waals surface area contributed by atoms with Gasteiger partial charge in [-0.15, -0.1) is 11.3 Å². The molecule has 0 spiro atoms. The predicted octanol–water partition coefficient (Wildman–Crippen LogP) is 3.56. The summed E-state index contributed by atoms with van der Waals surface area (Å²) in [6.45, 7) is 2.54. The normalized spacial score (nSPS) is 13.8. The van der Waals surface area contributed by atoms with Gasteiger partial charge < -0.3 is 5.32 Å². The molecule has 0 unspecified atom stereocenters. The van der Waals surface area contributed by atoms with E-state index >= 15 is 0 Å². The van der Waals surface area contributed by atoms with Gasteiger partial charge in [0.1, 0.15) is 0 Å². The van der Waals surface area contributed by atoms with E-state index in [0.29, 0.717) is 12.2 Å². The highest BCUT2D eigenvalue weighted by molar-refractivity contribution is 7.09. The monoisotopic (exact) mass is 352 g/mol. The Labute approximate surface area is 150 Å². The highest BCUT2D eigenvalue weighted by Gasteiger charge is 2.25. The maximum atomic E-state index is 12.2. The number of fused-ring (bicyclic) bond motifs is 1. The minimum Gasteiger partial charge on any atom is -0.309 e. The molecule has 1 amide bonds. The third-order valence-electron chi connectivity index (χ3n) is 4.40. The molecule has 3 aromatic rings. The second-order valence-corrected chi connectivity index (χ2v) is 7.32. The Morgan fingerprint density at radius 2 is 2.08 bits per heavy atom. The molecule has 1 aliphatic rings. The molecular weight excluding hydrogens is 332 g/mol. The van der Waals surface area contributed by atoms with E-state index in [1.54, 1.807) is 11.3 Å². The van der Waals surface area contributed by atoms with Gasteiger partial charge in [-0.1, -0.05) is 36.4 Å². The number of nitrogens with one attached hydrogen (secondary N) is 2. The lowest BCUT2D eigenvalue weighted by molar-refractivity contribution is -0.116. The molecule has 0 fully saturated rings. The van der Waals surface area contributed by atoms with Gasteiger partial charge in [0.15, 0.2) is 5.82 Å². The van der Waals surface area contributed by atoms with Crippen LogP contribution in [0.15, 0.2) is 47.8 Å². The van der Waals surface area contributed by atoms with Crippen LogP contribution in [0.5, 0.6) is 0 Å². The summed E-state index contributed by atoms with van der Waals surface area (Å²) >= 11 is 1.69. The summed E-state index contributed by atoms with van der Waals surface area (Å²) in [5, 5.41) is 12.4. The van der Waals surface area contributed by atoms with Crippen molar-refractivity contribution in [3.05, 3.63) is 69.5 Å². The Balaban J connectivity index is 1.34. The molecule has 0 bridgehead atoms. The molecule has 0 atom stereocenters. The molecule has 1 aliphatic heterocycles. The lowest BCUT2D eigenvalue weighted by Gasteiger charge is -2.15. The summed E-state index contributed by atoms with van der Waals surface area (Å²) in [5.74, 6) is 0.700. The first kappa shape index (κ1) is 16.1. The average Bonchev–Trinajstić information content (AvgIpc) is 3.33. The highest BCUT2D eigenvalue weighted by Crippen LogP contribution is 2.28. The molecule has 0 saturated carbocycles. The fourth-order valence-corrected chi connectivity index (χ4v) is 3.86. The molecule has 6 heteroatoms. The summed E-state index contributed by atoms with van der Waals surface area (Å²) in [4.78, 5) is 15.8. The van der Waals surface area contributed by atoms with E-state index in [1.807, 2.05) is 17.5 Å². The number of amides is 1. The molecule has 1 aromatic carbocycles. The largest absolute Gasteiger partial charge is 0.309 e. The molecule has 0 aliphatic carbocycles. The number of aromatic amines is 1. The van der Waals surface area contributed by atoms with Crippen LogP contribution >= 0.6 is 11.3 Å². The molecule has 0 radical (unpaired) electrons. The first-order chi connectivity index (χ1) is 12.3. The van der Waals surface area contributed by atoms with Crippen LogP contribution in [-0.2, 0) is 30.8 Å². The lowest BCUT2D eigenvalue weighted by atomic mass is 10.2. The molecule has 128 valence electrons. The van der Waals surface area contributed by atoms with Crippen molar-refractivity contribution in [2.75, 3.05) is 5.32 Å². The number of aryl methyl sites for hydroxylation is 1. The van der Waals surface area contributed by atoms with Crippen LogP contribution in [0, 0.1) is 0 Å². The number of hydrogen-bond acceptors (Lipinski definition) is 4. The number of H-pyrrole nitrogens is 1. The van der Waals surface area contributed by atoms with Gasteiger partial charge in [0.25, 0.3) is 0 Å². The number of thiophene rings is 1. The number of benzene rings is 1. The van der Waals surface area contributed by atoms with Gasteiger partial charge in [0.05, 0.1) is 5.69 Å². The van der Waals surface area contributed by atoms with Crippen molar-refractivity contribution in [2.24, 2.45) is 0 Å². The number of rotatable bonds is 6. The van der Waals surface area contributed by atoms with E-state index in [2.05, 4.69) is 50.7 Å². The Bertz CT molecular complexity index is 842. The zero-order chi connectivity index (χ0) is 17.1. The molecule has 5 nitrogen and oxygen atoms in total. The summed E-state index contributed by atoms with van der Waals surface area (Å²) < 4.78 is 0. The van der Waals surface area contributed by atoms with E-state index in [9.17, 15) is 4.79 Å². The van der Waals surface area contributed by atoms with Crippen LogP contribution in [-0.4, -0.2) is 21.0 Å². The average molecular weight is 352 g/mol. The quantitative estimate of drug-likeness (QED) is 0.713. The minimum absolute atomic E-state index is 0.0178. The molecule has 3 heterocycles. The first-order valence-electron chi connectivity index (χ1n) is 8.42. The van der Waals surface area contributed by atoms with E-state index in [0.717, 1.165) is 37.3 Å². The van der Waals surface area contributed by atoms with Crippen molar-refractivity contribution in [2.45, 2.75) is 32.5 Å². The van der Waals surface area contributed by atoms with Crippen molar-refractivity contribution < 1.29 is 4.79 Å². The topological polar surface area (TPSA) is 61.0 Å². The zero-order valence-electron chi connectivity index (χ0n) is 13.9. The van der Waals surface area contributed by atoms with Gasteiger partial charge in [-0.2, -0.15) is 5.10 Å². The molecule has 4 rings (SSSR count). The van der Waals surface area contributed by atoms with Gasteiger partial charge in [0.2, 0.25) is 5.91 Å². The molecule has 0 saturated heterocycles. The molecule has 25 heavy (non-hydrogen) atoms. The second-order valence-electron chi connectivity index (χ2n) is 6.29. The smallest absolute Gasteiger partial charge is 0.225 e. The number of hydrogen-bond donors (Lipinski definition) is 2. The van der Waals surface area contributed by atoms with Crippen LogP contribution in [0.25, 0.3) is 0 Å². The summed E-state index contributed by atoms with van der Waals surface area (Å²) in [6, 6.07) is 14.5. The number of carbonyl (C=O) groups excluding carboxylic acids is 1. The van der Waals surface area contributed by atoms with E-state index < -0.39 is 0 Å². The van der Waals surface area contributed by atoms with E-state index in [4.69, 9.17) is 0 Å². The number of anilines is 1. The fraction of sp³-hybridized carbons (Fsp3) is 0.263. The summed E-state index contributed by atoms with van der Waals surface area (Å²) in [5.41, 5.74) is 3.51. The molecular formula is C19H20N4OS. The summed E-state index contributed by atoms with van der Waals surface area (Å²) in [6.07, 6.45) is 1.26. The van der Waals surface area contributed by atoms with Gasteiger partial charge in [-0.3, -0.25) is 14.8 Å². The first-order valence-corrected chi connectivity index (χ1v) is 9.30. The van der Waals surface area contributed by atoms with E-state index in [1.165, 1.54) is 10.4 Å². The third-order valence-corrected chi connectivity index (χ3v) is 5.34. The summed E-state index contributed by atoms with van der Waals surface area (Å²) in [7, 11) is 0. The van der Waals surface area contributed by atoms with Crippen molar-refractivity contribution in [1.82, 2.24) is 15.1 Å². The second kappa shape index (κ2) is 7.21. The number of carbonyl (C=O) groups is 1. The van der Waals surface area contributed by atoms with Crippen molar-refractivity contribution in [3.63, 3.8) is 0 Å². The van der Waals surface area contributed by atoms with E-state index in [-0.39, 0.29) is 5.91 Å². The minimum atomic E-state index is 0.0178. The maximum absolute atomic E-state index is 12.2. The Morgan fingerprint density at radius 1 is 1.20 bits per heavy atom. The van der Waals surface area contributed by atoms with Crippen LogP contribution in [0.3, 0.4) is 0 Å². The maximum Gasteiger partial charge on any atom is 0.225 e. The fourth-order valence-electron chi connectivity index (χ4n) is 3.15. The van der Waals surface area contributed by atoms with Crippen LogP contribution in [0.2, 0.25) is 0 Å². The Kier molecular flexibility index (Phi) is 4.63. The number of nitrogens with zero attached hydrogens (tertiary/aromatic N) is 2. The highest BCUT2D eigenvalue weighted by atomic mass is 32.1. The third kappa shape index (κ3) is 3.81. The van der Waals surface area contributed by atoms with Crippen molar-refractivity contribution >= 4 is 23.1 Å². The van der Waals surface area contributed by atoms with Crippen LogP contribution in [0.4, 0.5) is 5.82 Å². The lowest BCUT2D eigenvalue weighted by Crippen LogP contribution is -2.18. The Morgan fingerprint density at radius 3 is 2.88 bits per heavy atom. The zero-order valence-corrected chi connectivity index (χ0v) is 14.7. The Hall–Kier alpha value is -2.44. The van der Waals surface area contributed by atoms with Gasteiger partial charge in [-0.25, -0.2) is 0 Å². The van der Waals surface area contributed by atoms with Gasteiger partial charge in [-0.05, 0) is 23.4 Å². The SMILES string of the molecule is O=C(CCc1cccs1)Nc1n[nH]c2c1CN(Cc1ccccc1)C2. The van der Waals surface area contributed by atoms with Gasteiger partial charge in [0, 0.05) is 36.5 Å². The molecule has 2 aromatic heterocycles. The molecule has 2 N–H and O–H groups in total. The van der Waals surface area contributed by atoms with Crippen molar-refractivity contribution in [3.8, 4) is 0 Å². The standard InChI is InChI=1S/C19H20N4OS/c24-18(9-8-15-7-4-10-25-15)20-19-16-12-23(13-17(16)21-22-19)11-14-5-2-1-3-6-14/h1-7,10H,8-9,11-13H2,(H2,20,21,22,24). The van der Waals surface area contributed by atoms with Gasteiger partial charge >= 0.3 is 0 Å². The number of aromatic nitrogens is 2. The van der Waals surface area contributed by atoms with Crippen molar-refractivity contribution in [1.29, 1.82) is 0 Å².